The van der Waals surface area contributed by atoms with Crippen LogP contribution in [0, 0.1) is 0 Å². The van der Waals surface area contributed by atoms with Crippen LogP contribution in [0.5, 0.6) is 5.75 Å². The minimum absolute atomic E-state index is 0.135. The first kappa shape index (κ1) is 15.4. The molecular formula is C14H11BrF2N2O2. The summed E-state index contributed by atoms with van der Waals surface area (Å²) in [6.07, 6.45) is -4.02. The van der Waals surface area contributed by atoms with Gasteiger partial charge in [-0.05, 0) is 35.4 Å². The van der Waals surface area contributed by atoms with Gasteiger partial charge in [-0.2, -0.15) is 8.78 Å². The van der Waals surface area contributed by atoms with Crippen molar-refractivity contribution in [3.05, 3.63) is 53.0 Å². The number of hydrogen-bond acceptors (Lipinski definition) is 3. The Hall–Kier alpha value is -1.99. The molecule has 1 amide bonds. The number of hydrogen-bond donors (Lipinski definition) is 2. The topological polar surface area (TPSA) is 64.3 Å². The zero-order valence-electron chi connectivity index (χ0n) is 10.6. The van der Waals surface area contributed by atoms with Crippen molar-refractivity contribution >= 4 is 21.8 Å². The first-order chi connectivity index (χ1) is 9.92. The second-order valence-corrected chi connectivity index (χ2v) is 5.04. The minimum Gasteiger partial charge on any atom is -0.425 e. The van der Waals surface area contributed by atoms with Crippen LogP contribution in [0.4, 0.5) is 8.78 Å². The number of hydrazine groups is 1. The van der Waals surface area contributed by atoms with Crippen molar-refractivity contribution in [3.8, 4) is 16.9 Å². The van der Waals surface area contributed by atoms with E-state index in [0.717, 1.165) is 15.6 Å². The molecular weight excluding hydrogens is 346 g/mol. The molecule has 0 aromatic heterocycles. The molecule has 4 nitrogen and oxygen atoms in total. The normalized spacial score (nSPS) is 11.0. The summed E-state index contributed by atoms with van der Waals surface area (Å²) in [5.74, 6) is 2.82. The fourth-order valence-corrected chi connectivity index (χ4v) is 1.90. The van der Waals surface area contributed by atoms with E-state index >= 15 is 0 Å². The van der Waals surface area contributed by atoms with Crippen molar-refractivity contribution in [3.63, 3.8) is 0 Å². The van der Waals surface area contributed by atoms with E-state index in [-0.39, 0.29) is 5.75 Å². The van der Waals surface area contributed by atoms with Crippen LogP contribution in [0.3, 0.4) is 0 Å². The Labute approximate surface area is 128 Å². The lowest BCUT2D eigenvalue weighted by molar-refractivity contribution is -0.192. The van der Waals surface area contributed by atoms with Gasteiger partial charge in [0.15, 0.2) is 0 Å². The maximum atomic E-state index is 13.3. The molecule has 0 saturated heterocycles. The highest BCUT2D eigenvalue weighted by Crippen LogP contribution is 2.26. The Kier molecular flexibility index (Phi) is 4.54. The molecule has 7 heteroatoms. The second kappa shape index (κ2) is 6.19. The maximum absolute atomic E-state index is 13.3. The summed E-state index contributed by atoms with van der Waals surface area (Å²) < 4.78 is 31.8. The molecule has 2 rings (SSSR count). The molecule has 0 atom stereocenters. The van der Waals surface area contributed by atoms with Crippen molar-refractivity contribution in [1.82, 2.24) is 5.43 Å². The van der Waals surface area contributed by atoms with Crippen LogP contribution in [-0.2, 0) is 4.79 Å². The highest BCUT2D eigenvalue weighted by atomic mass is 79.9. The standard InChI is InChI=1S/C14H11BrF2N2O2/c15-11-5-1-9(2-6-11)10-3-7-12(8-4-10)21-14(16,17)13(20)19-18/h1-8H,18H2,(H,19,20). The Morgan fingerprint density at radius 3 is 2.00 bits per heavy atom. The van der Waals surface area contributed by atoms with Gasteiger partial charge in [-0.15, -0.1) is 0 Å². The summed E-state index contributed by atoms with van der Waals surface area (Å²) in [4.78, 5) is 10.8. The highest BCUT2D eigenvalue weighted by Gasteiger charge is 2.41. The van der Waals surface area contributed by atoms with E-state index in [1.807, 2.05) is 24.3 Å². The number of alkyl halides is 2. The Bertz CT molecular complexity index is 630. The van der Waals surface area contributed by atoms with Gasteiger partial charge in [0, 0.05) is 4.47 Å². The number of nitrogens with two attached hydrogens (primary N) is 1. The zero-order valence-corrected chi connectivity index (χ0v) is 12.2. The molecule has 0 aliphatic carbocycles. The Balaban J connectivity index is 2.16. The average molecular weight is 357 g/mol. The Morgan fingerprint density at radius 1 is 1.05 bits per heavy atom. The molecule has 3 N–H and O–H groups in total. The maximum Gasteiger partial charge on any atom is 0.483 e. The van der Waals surface area contributed by atoms with Gasteiger partial charge < -0.3 is 4.74 Å². The molecule has 0 radical (unpaired) electrons. The number of carbonyl (C=O) groups is 1. The first-order valence-corrected chi connectivity index (χ1v) is 6.65. The van der Waals surface area contributed by atoms with Crippen molar-refractivity contribution in [1.29, 1.82) is 0 Å². The van der Waals surface area contributed by atoms with Crippen molar-refractivity contribution in [2.75, 3.05) is 0 Å². The van der Waals surface area contributed by atoms with Crippen LogP contribution in [0.1, 0.15) is 0 Å². The molecule has 0 saturated carbocycles. The molecule has 110 valence electrons. The van der Waals surface area contributed by atoms with Gasteiger partial charge in [0.1, 0.15) is 5.75 Å². The predicted molar refractivity (Wildman–Crippen MR) is 77.5 cm³/mol. The molecule has 0 fully saturated rings. The first-order valence-electron chi connectivity index (χ1n) is 5.86. The summed E-state index contributed by atoms with van der Waals surface area (Å²) in [6, 6.07) is 13.5. The minimum atomic E-state index is -4.02. The van der Waals surface area contributed by atoms with E-state index < -0.39 is 12.0 Å². The lowest BCUT2D eigenvalue weighted by Gasteiger charge is -2.15. The number of rotatable bonds is 4. The molecule has 2 aromatic carbocycles. The number of benzene rings is 2. The van der Waals surface area contributed by atoms with Crippen LogP contribution in [0.2, 0.25) is 0 Å². The van der Waals surface area contributed by atoms with E-state index in [1.54, 1.807) is 12.1 Å². The summed E-state index contributed by atoms with van der Waals surface area (Å²) in [5.41, 5.74) is 3.11. The van der Waals surface area contributed by atoms with E-state index in [0.29, 0.717) is 0 Å². The summed E-state index contributed by atoms with van der Waals surface area (Å²) in [6.45, 7) is 0. The smallest absolute Gasteiger partial charge is 0.425 e. The van der Waals surface area contributed by atoms with Gasteiger partial charge in [0.05, 0.1) is 0 Å². The van der Waals surface area contributed by atoms with Gasteiger partial charge in [-0.3, -0.25) is 10.2 Å². The molecule has 0 aliphatic rings. The lowest BCUT2D eigenvalue weighted by Crippen LogP contribution is -2.47. The number of amides is 1. The third-order valence-corrected chi connectivity index (χ3v) is 3.20. The van der Waals surface area contributed by atoms with Gasteiger partial charge >= 0.3 is 12.0 Å². The molecule has 0 heterocycles. The molecule has 21 heavy (non-hydrogen) atoms. The summed E-state index contributed by atoms with van der Waals surface area (Å²) in [5, 5.41) is 0. The highest BCUT2D eigenvalue weighted by molar-refractivity contribution is 9.10. The van der Waals surface area contributed by atoms with E-state index in [9.17, 15) is 13.6 Å². The third kappa shape index (κ3) is 3.77. The van der Waals surface area contributed by atoms with Crippen LogP contribution in [0.15, 0.2) is 53.0 Å². The van der Waals surface area contributed by atoms with Crippen LogP contribution in [-0.4, -0.2) is 12.0 Å². The number of halogens is 3. The second-order valence-electron chi connectivity index (χ2n) is 4.12. The number of carbonyl (C=O) groups excluding carboxylic acids is 1. The summed E-state index contributed by atoms with van der Waals surface area (Å²) in [7, 11) is 0. The quantitative estimate of drug-likeness (QED) is 0.502. The summed E-state index contributed by atoms with van der Waals surface area (Å²) >= 11 is 3.33. The van der Waals surface area contributed by atoms with Gasteiger partial charge in [0.2, 0.25) is 0 Å². The fourth-order valence-electron chi connectivity index (χ4n) is 1.64. The van der Waals surface area contributed by atoms with E-state index in [2.05, 4.69) is 26.5 Å². The fraction of sp³-hybridized carbons (Fsp3) is 0.0714. The van der Waals surface area contributed by atoms with Crippen molar-refractivity contribution in [2.45, 2.75) is 6.11 Å². The largest absolute Gasteiger partial charge is 0.483 e. The van der Waals surface area contributed by atoms with E-state index in [1.165, 1.54) is 17.6 Å². The van der Waals surface area contributed by atoms with Crippen molar-refractivity contribution in [2.24, 2.45) is 5.84 Å². The zero-order chi connectivity index (χ0) is 15.5. The number of ether oxygens (including phenoxy) is 1. The molecule has 2 aromatic rings. The van der Waals surface area contributed by atoms with Crippen LogP contribution in [0.25, 0.3) is 11.1 Å². The molecule has 0 unspecified atom stereocenters. The van der Waals surface area contributed by atoms with Crippen LogP contribution >= 0.6 is 15.9 Å². The number of nitrogens with one attached hydrogen (secondary N) is 1. The predicted octanol–water partition coefficient (Wildman–Crippen LogP) is 3.08. The average Bonchev–Trinajstić information content (AvgIpc) is 2.47. The van der Waals surface area contributed by atoms with Gasteiger partial charge in [-0.25, -0.2) is 5.84 Å². The molecule has 0 bridgehead atoms. The van der Waals surface area contributed by atoms with Crippen LogP contribution < -0.4 is 16.0 Å². The van der Waals surface area contributed by atoms with Gasteiger partial charge in [-0.1, -0.05) is 40.2 Å². The van der Waals surface area contributed by atoms with Crippen molar-refractivity contribution < 1.29 is 18.3 Å². The van der Waals surface area contributed by atoms with Gasteiger partial charge in [0.25, 0.3) is 0 Å². The molecule has 0 spiro atoms. The Morgan fingerprint density at radius 2 is 1.52 bits per heavy atom. The molecule has 0 aliphatic heterocycles. The lowest BCUT2D eigenvalue weighted by atomic mass is 10.1. The monoisotopic (exact) mass is 356 g/mol. The third-order valence-electron chi connectivity index (χ3n) is 2.67. The SMILES string of the molecule is NNC(=O)C(F)(F)Oc1ccc(-c2ccc(Br)cc2)cc1. The van der Waals surface area contributed by atoms with E-state index in [4.69, 9.17) is 0 Å².